The largest absolute Gasteiger partial charge is 0.490 e. The zero-order valence-electron chi connectivity index (χ0n) is 13.9. The SMILES string of the molecule is CC(C)CC(=O)C1(COc2cccc(F)c2C#N)CCCNC1=O. The Morgan fingerprint density at radius 1 is 1.50 bits per heavy atom. The number of Topliss-reactive ketones (excluding diaryl/α,β-unsaturated/α-hetero) is 1. The number of ether oxygens (including phenoxy) is 1. The molecule has 1 saturated heterocycles. The molecule has 0 aliphatic carbocycles. The van der Waals surface area contributed by atoms with Gasteiger partial charge in [-0.05, 0) is 30.9 Å². The Kier molecular flexibility index (Phi) is 5.55. The molecule has 1 aliphatic rings. The molecule has 1 aliphatic heterocycles. The Labute approximate surface area is 140 Å². The second-order valence-corrected chi connectivity index (χ2v) is 6.48. The molecule has 1 amide bonds. The van der Waals surface area contributed by atoms with E-state index in [2.05, 4.69) is 5.32 Å². The molecule has 0 bridgehead atoms. The summed E-state index contributed by atoms with van der Waals surface area (Å²) in [6.45, 7) is 4.16. The lowest BCUT2D eigenvalue weighted by Crippen LogP contribution is -2.54. The van der Waals surface area contributed by atoms with Gasteiger partial charge in [0.1, 0.15) is 35.2 Å². The third kappa shape index (κ3) is 3.56. The van der Waals surface area contributed by atoms with E-state index in [-0.39, 0.29) is 41.9 Å². The fraction of sp³-hybridized carbons (Fsp3) is 0.500. The smallest absolute Gasteiger partial charge is 0.237 e. The third-order valence-corrected chi connectivity index (χ3v) is 4.19. The number of nitriles is 1. The van der Waals surface area contributed by atoms with E-state index in [4.69, 9.17) is 10.00 Å². The van der Waals surface area contributed by atoms with Crippen LogP contribution in [-0.2, 0) is 9.59 Å². The van der Waals surface area contributed by atoms with Gasteiger partial charge in [-0.15, -0.1) is 0 Å². The van der Waals surface area contributed by atoms with Crippen LogP contribution < -0.4 is 10.1 Å². The topological polar surface area (TPSA) is 79.2 Å². The summed E-state index contributed by atoms with van der Waals surface area (Å²) in [5, 5.41) is 11.8. The van der Waals surface area contributed by atoms with Gasteiger partial charge in [-0.1, -0.05) is 19.9 Å². The Morgan fingerprint density at radius 2 is 2.25 bits per heavy atom. The molecule has 1 aromatic carbocycles. The fourth-order valence-electron chi connectivity index (χ4n) is 2.86. The molecule has 1 atom stereocenters. The zero-order valence-corrected chi connectivity index (χ0v) is 13.9. The maximum absolute atomic E-state index is 13.7. The summed E-state index contributed by atoms with van der Waals surface area (Å²) < 4.78 is 19.3. The molecule has 0 spiro atoms. The summed E-state index contributed by atoms with van der Waals surface area (Å²) in [6.07, 6.45) is 1.33. The molecule has 24 heavy (non-hydrogen) atoms. The molecule has 1 fully saturated rings. The van der Waals surface area contributed by atoms with Crippen molar-refractivity contribution in [3.8, 4) is 11.8 Å². The van der Waals surface area contributed by atoms with Crippen LogP contribution in [0, 0.1) is 28.5 Å². The van der Waals surface area contributed by atoms with Crippen molar-refractivity contribution in [1.82, 2.24) is 5.32 Å². The standard InChI is InChI=1S/C18H21FN2O3/c1-12(2)9-16(22)18(7-4-8-21-17(18)23)11-24-15-6-3-5-14(19)13(15)10-20/h3,5-6,12H,4,7-9,11H2,1-2H3,(H,21,23). The van der Waals surface area contributed by atoms with Crippen molar-refractivity contribution >= 4 is 11.7 Å². The molecule has 0 saturated carbocycles. The molecule has 1 heterocycles. The highest BCUT2D eigenvalue weighted by Crippen LogP contribution is 2.33. The van der Waals surface area contributed by atoms with Gasteiger partial charge in [-0.3, -0.25) is 9.59 Å². The zero-order chi connectivity index (χ0) is 17.7. The summed E-state index contributed by atoms with van der Waals surface area (Å²) in [4.78, 5) is 25.1. The van der Waals surface area contributed by atoms with E-state index in [1.807, 2.05) is 13.8 Å². The van der Waals surface area contributed by atoms with Crippen LogP contribution in [0.3, 0.4) is 0 Å². The lowest BCUT2D eigenvalue weighted by molar-refractivity contribution is -0.147. The quantitative estimate of drug-likeness (QED) is 0.812. The van der Waals surface area contributed by atoms with Crippen molar-refractivity contribution in [3.05, 3.63) is 29.6 Å². The normalized spacial score (nSPS) is 20.4. The number of rotatable bonds is 6. The molecule has 5 nitrogen and oxygen atoms in total. The third-order valence-electron chi connectivity index (χ3n) is 4.19. The average molecular weight is 332 g/mol. The first-order valence-electron chi connectivity index (χ1n) is 8.03. The number of halogens is 1. The minimum Gasteiger partial charge on any atom is -0.490 e. The van der Waals surface area contributed by atoms with E-state index in [0.717, 1.165) is 0 Å². The van der Waals surface area contributed by atoms with Crippen molar-refractivity contribution < 1.29 is 18.7 Å². The molecular weight excluding hydrogens is 311 g/mol. The van der Waals surface area contributed by atoms with Gasteiger partial charge in [0.05, 0.1) is 0 Å². The number of benzene rings is 1. The van der Waals surface area contributed by atoms with Crippen LogP contribution in [0.25, 0.3) is 0 Å². The van der Waals surface area contributed by atoms with Crippen molar-refractivity contribution in [2.24, 2.45) is 11.3 Å². The maximum atomic E-state index is 13.7. The van der Waals surface area contributed by atoms with E-state index in [0.29, 0.717) is 19.4 Å². The lowest BCUT2D eigenvalue weighted by atomic mass is 9.74. The molecule has 6 heteroatoms. The highest BCUT2D eigenvalue weighted by molar-refractivity contribution is 6.06. The average Bonchev–Trinajstić information content (AvgIpc) is 2.53. The lowest BCUT2D eigenvalue weighted by Gasteiger charge is -2.35. The van der Waals surface area contributed by atoms with E-state index in [1.54, 1.807) is 6.07 Å². The minimum atomic E-state index is -1.28. The Hall–Kier alpha value is -2.42. The Bertz CT molecular complexity index is 681. The van der Waals surface area contributed by atoms with Crippen molar-refractivity contribution in [1.29, 1.82) is 5.26 Å². The van der Waals surface area contributed by atoms with Crippen LogP contribution in [0.1, 0.15) is 38.7 Å². The Balaban J connectivity index is 2.27. The van der Waals surface area contributed by atoms with Crippen molar-refractivity contribution in [2.75, 3.05) is 13.2 Å². The molecule has 1 N–H and O–H groups in total. The first kappa shape index (κ1) is 17.9. The van der Waals surface area contributed by atoms with Crippen LogP contribution in [0.15, 0.2) is 18.2 Å². The van der Waals surface area contributed by atoms with E-state index in [9.17, 15) is 14.0 Å². The molecule has 1 unspecified atom stereocenters. The predicted molar refractivity (Wildman–Crippen MR) is 85.7 cm³/mol. The molecule has 1 aromatic rings. The fourth-order valence-corrected chi connectivity index (χ4v) is 2.86. The van der Waals surface area contributed by atoms with Crippen LogP contribution >= 0.6 is 0 Å². The van der Waals surface area contributed by atoms with Crippen LogP contribution in [0.2, 0.25) is 0 Å². The monoisotopic (exact) mass is 332 g/mol. The van der Waals surface area contributed by atoms with Gasteiger partial charge >= 0.3 is 0 Å². The molecule has 0 radical (unpaired) electrons. The summed E-state index contributed by atoms with van der Waals surface area (Å²) in [7, 11) is 0. The molecular formula is C18H21FN2O3. The number of nitrogens with zero attached hydrogens (tertiary/aromatic N) is 1. The number of ketones is 1. The highest BCUT2D eigenvalue weighted by Gasteiger charge is 2.47. The van der Waals surface area contributed by atoms with Crippen molar-refractivity contribution in [3.63, 3.8) is 0 Å². The molecule has 0 aromatic heterocycles. The summed E-state index contributed by atoms with van der Waals surface area (Å²) in [6, 6.07) is 5.80. The van der Waals surface area contributed by atoms with Gasteiger partial charge in [0.25, 0.3) is 0 Å². The van der Waals surface area contributed by atoms with E-state index >= 15 is 0 Å². The Morgan fingerprint density at radius 3 is 2.88 bits per heavy atom. The van der Waals surface area contributed by atoms with Crippen LogP contribution in [0.4, 0.5) is 4.39 Å². The number of hydrogen-bond donors (Lipinski definition) is 1. The number of hydrogen-bond acceptors (Lipinski definition) is 4. The first-order chi connectivity index (χ1) is 11.4. The number of amides is 1. The number of carbonyl (C=O) groups is 2. The maximum Gasteiger partial charge on any atom is 0.237 e. The first-order valence-corrected chi connectivity index (χ1v) is 8.03. The number of piperidine rings is 1. The second-order valence-electron chi connectivity index (χ2n) is 6.48. The van der Waals surface area contributed by atoms with Gasteiger partial charge in [0.15, 0.2) is 5.78 Å². The number of nitrogens with one attached hydrogen (secondary N) is 1. The van der Waals surface area contributed by atoms with Crippen molar-refractivity contribution in [2.45, 2.75) is 33.1 Å². The van der Waals surface area contributed by atoms with Crippen LogP contribution in [-0.4, -0.2) is 24.8 Å². The minimum absolute atomic E-state index is 0.0487. The molecule has 2 rings (SSSR count). The predicted octanol–water partition coefficient (Wildman–Crippen LogP) is 2.59. The van der Waals surface area contributed by atoms with Gasteiger partial charge in [0, 0.05) is 13.0 Å². The summed E-state index contributed by atoms with van der Waals surface area (Å²) in [5.74, 6) is -1.05. The van der Waals surface area contributed by atoms with Gasteiger partial charge in [-0.2, -0.15) is 5.26 Å². The highest BCUT2D eigenvalue weighted by atomic mass is 19.1. The molecule has 128 valence electrons. The second kappa shape index (κ2) is 7.43. The number of carbonyl (C=O) groups excluding carboxylic acids is 2. The van der Waals surface area contributed by atoms with Gasteiger partial charge < -0.3 is 10.1 Å². The van der Waals surface area contributed by atoms with Gasteiger partial charge in [0.2, 0.25) is 5.91 Å². The van der Waals surface area contributed by atoms with E-state index in [1.165, 1.54) is 18.2 Å². The summed E-state index contributed by atoms with van der Waals surface area (Å²) in [5.41, 5.74) is -1.50. The van der Waals surface area contributed by atoms with Gasteiger partial charge in [-0.25, -0.2) is 4.39 Å². The van der Waals surface area contributed by atoms with E-state index < -0.39 is 11.2 Å². The summed E-state index contributed by atoms with van der Waals surface area (Å²) >= 11 is 0. The van der Waals surface area contributed by atoms with Crippen LogP contribution in [0.5, 0.6) is 5.75 Å².